The molecule has 0 aromatic heterocycles. The monoisotopic (exact) mass is 272 g/mol. The van der Waals surface area contributed by atoms with Crippen LogP contribution in [0.4, 0.5) is 5.69 Å². The van der Waals surface area contributed by atoms with Gasteiger partial charge in [0.1, 0.15) is 0 Å². The number of hydrogen-bond acceptors (Lipinski definition) is 2. The number of hydrogen-bond donors (Lipinski definition) is 2. The lowest BCUT2D eigenvalue weighted by Gasteiger charge is -2.33. The lowest BCUT2D eigenvalue weighted by Crippen LogP contribution is -2.43. The number of carbonyl (C=O) groups is 1. The fourth-order valence-electron chi connectivity index (χ4n) is 2.00. The summed E-state index contributed by atoms with van der Waals surface area (Å²) in [7, 11) is 0. The van der Waals surface area contributed by atoms with Crippen LogP contribution in [0, 0.1) is 5.92 Å². The minimum Gasteiger partial charge on any atom is -0.396 e. The predicted octanol–water partition coefficient (Wildman–Crippen LogP) is 3.10. The van der Waals surface area contributed by atoms with Crippen LogP contribution >= 0.6 is 23.2 Å². The van der Waals surface area contributed by atoms with Crippen molar-refractivity contribution < 1.29 is 4.79 Å². The maximum atomic E-state index is 11.9. The van der Waals surface area contributed by atoms with Crippen molar-refractivity contribution >= 4 is 34.8 Å². The fraction of sp³-hybridized carbons (Fsp3) is 0.417. The van der Waals surface area contributed by atoms with Gasteiger partial charge in [-0.2, -0.15) is 0 Å². The third kappa shape index (κ3) is 2.67. The molecule has 2 rings (SSSR count). The van der Waals surface area contributed by atoms with Crippen LogP contribution in [0.15, 0.2) is 12.1 Å². The Kier molecular flexibility index (Phi) is 3.50. The molecule has 1 aliphatic carbocycles. The smallest absolute Gasteiger partial charge is 0.251 e. The topological polar surface area (TPSA) is 55.1 Å². The molecule has 1 amide bonds. The Labute approximate surface area is 110 Å². The maximum absolute atomic E-state index is 11.9. The molecule has 17 heavy (non-hydrogen) atoms. The highest BCUT2D eigenvalue weighted by atomic mass is 35.5. The fourth-order valence-corrected chi connectivity index (χ4v) is 2.49. The molecule has 1 aliphatic rings. The first-order valence-electron chi connectivity index (χ1n) is 5.52. The van der Waals surface area contributed by atoms with Crippen LogP contribution in [0.2, 0.25) is 10.0 Å². The first kappa shape index (κ1) is 12.5. The van der Waals surface area contributed by atoms with E-state index in [9.17, 15) is 4.79 Å². The van der Waals surface area contributed by atoms with Crippen molar-refractivity contribution in [2.24, 2.45) is 5.92 Å². The third-order valence-electron chi connectivity index (χ3n) is 3.05. The molecule has 0 saturated heterocycles. The molecule has 0 radical (unpaired) electrons. The van der Waals surface area contributed by atoms with Gasteiger partial charge in [-0.1, -0.05) is 30.1 Å². The molecule has 0 heterocycles. The van der Waals surface area contributed by atoms with Crippen molar-refractivity contribution in [1.29, 1.82) is 0 Å². The Morgan fingerprint density at radius 3 is 2.35 bits per heavy atom. The van der Waals surface area contributed by atoms with Crippen molar-refractivity contribution in [3.05, 3.63) is 27.7 Å². The molecule has 0 aliphatic heterocycles. The van der Waals surface area contributed by atoms with Crippen molar-refractivity contribution in [2.75, 3.05) is 5.73 Å². The van der Waals surface area contributed by atoms with Gasteiger partial charge in [-0.3, -0.25) is 4.79 Å². The SMILES string of the molecule is CC1CC(NC(=O)c2cc(Cl)c(N)c(Cl)c2)C1. The quantitative estimate of drug-likeness (QED) is 0.813. The summed E-state index contributed by atoms with van der Waals surface area (Å²) < 4.78 is 0. The molecular weight excluding hydrogens is 259 g/mol. The lowest BCUT2D eigenvalue weighted by atomic mass is 9.82. The maximum Gasteiger partial charge on any atom is 0.251 e. The highest BCUT2D eigenvalue weighted by Gasteiger charge is 2.27. The molecule has 0 bridgehead atoms. The normalized spacial score (nSPS) is 23.0. The number of carbonyl (C=O) groups excluding carboxylic acids is 1. The largest absolute Gasteiger partial charge is 0.396 e. The molecule has 1 saturated carbocycles. The zero-order valence-electron chi connectivity index (χ0n) is 9.47. The van der Waals surface area contributed by atoms with Crippen LogP contribution in [0.1, 0.15) is 30.1 Å². The number of amides is 1. The summed E-state index contributed by atoms with van der Waals surface area (Å²) in [4.78, 5) is 11.9. The van der Waals surface area contributed by atoms with Crippen LogP contribution in [0.25, 0.3) is 0 Å². The predicted molar refractivity (Wildman–Crippen MR) is 70.5 cm³/mol. The molecule has 1 fully saturated rings. The molecule has 0 atom stereocenters. The van der Waals surface area contributed by atoms with Gasteiger partial charge >= 0.3 is 0 Å². The minimum atomic E-state index is -0.147. The first-order chi connectivity index (χ1) is 7.97. The molecule has 3 N–H and O–H groups in total. The summed E-state index contributed by atoms with van der Waals surface area (Å²) in [6.07, 6.45) is 2.06. The second-order valence-electron chi connectivity index (χ2n) is 4.60. The number of rotatable bonds is 2. The summed E-state index contributed by atoms with van der Waals surface area (Å²) in [6.45, 7) is 2.17. The summed E-state index contributed by atoms with van der Waals surface area (Å²) in [5.74, 6) is 0.546. The van der Waals surface area contributed by atoms with Gasteiger partial charge in [0.2, 0.25) is 0 Å². The van der Waals surface area contributed by atoms with Gasteiger partial charge < -0.3 is 11.1 Å². The summed E-state index contributed by atoms with van der Waals surface area (Å²) in [5.41, 5.74) is 6.37. The summed E-state index contributed by atoms with van der Waals surface area (Å²) in [6, 6.07) is 3.35. The molecule has 5 heteroatoms. The molecule has 0 unspecified atom stereocenters. The minimum absolute atomic E-state index is 0.147. The van der Waals surface area contributed by atoms with Gasteiger partial charge in [0.15, 0.2) is 0 Å². The first-order valence-corrected chi connectivity index (χ1v) is 6.28. The third-order valence-corrected chi connectivity index (χ3v) is 3.68. The van der Waals surface area contributed by atoms with E-state index in [2.05, 4.69) is 12.2 Å². The van der Waals surface area contributed by atoms with Gasteiger partial charge in [0.05, 0.1) is 15.7 Å². The summed E-state index contributed by atoms with van der Waals surface area (Å²) in [5, 5.41) is 3.56. The van der Waals surface area contributed by atoms with Crippen molar-refractivity contribution in [3.8, 4) is 0 Å². The van der Waals surface area contributed by atoms with Crippen LogP contribution < -0.4 is 11.1 Å². The molecule has 1 aromatic carbocycles. The highest BCUT2D eigenvalue weighted by molar-refractivity contribution is 6.39. The van der Waals surface area contributed by atoms with Crippen molar-refractivity contribution in [3.63, 3.8) is 0 Å². The van der Waals surface area contributed by atoms with E-state index in [1.165, 1.54) is 0 Å². The molecule has 3 nitrogen and oxygen atoms in total. The van der Waals surface area contributed by atoms with Gasteiger partial charge in [-0.25, -0.2) is 0 Å². The average Bonchev–Trinajstić information content (AvgIpc) is 2.23. The number of nitrogens with one attached hydrogen (secondary N) is 1. The van der Waals surface area contributed by atoms with E-state index in [1.807, 2.05) is 0 Å². The van der Waals surface area contributed by atoms with E-state index < -0.39 is 0 Å². The average molecular weight is 273 g/mol. The van der Waals surface area contributed by atoms with Gasteiger partial charge in [-0.15, -0.1) is 0 Å². The lowest BCUT2D eigenvalue weighted by molar-refractivity contribution is 0.0896. The summed E-state index contributed by atoms with van der Waals surface area (Å²) >= 11 is 11.8. The van der Waals surface area contributed by atoms with Crippen molar-refractivity contribution in [1.82, 2.24) is 5.32 Å². The van der Waals surface area contributed by atoms with E-state index in [0.717, 1.165) is 12.8 Å². The van der Waals surface area contributed by atoms with E-state index >= 15 is 0 Å². The van der Waals surface area contributed by atoms with E-state index in [1.54, 1.807) is 12.1 Å². The number of halogens is 2. The second kappa shape index (κ2) is 4.75. The molecule has 92 valence electrons. The van der Waals surface area contributed by atoms with Crippen molar-refractivity contribution in [2.45, 2.75) is 25.8 Å². The Bertz CT molecular complexity index is 433. The zero-order chi connectivity index (χ0) is 12.6. The Morgan fingerprint density at radius 2 is 1.88 bits per heavy atom. The molecule has 0 spiro atoms. The molecular formula is C12H14Cl2N2O. The van der Waals surface area contributed by atoms with Crippen LogP contribution in [-0.4, -0.2) is 11.9 Å². The highest BCUT2D eigenvalue weighted by Crippen LogP contribution is 2.30. The number of nitrogen functional groups attached to an aromatic ring is 1. The van der Waals surface area contributed by atoms with Crippen LogP contribution in [0.5, 0.6) is 0 Å². The molecule has 1 aromatic rings. The van der Waals surface area contributed by atoms with Crippen LogP contribution in [0.3, 0.4) is 0 Å². The zero-order valence-corrected chi connectivity index (χ0v) is 11.0. The van der Waals surface area contributed by atoms with Crippen LogP contribution in [-0.2, 0) is 0 Å². The van der Waals surface area contributed by atoms with Gasteiger partial charge in [0, 0.05) is 11.6 Å². The van der Waals surface area contributed by atoms with E-state index in [0.29, 0.717) is 27.2 Å². The van der Waals surface area contributed by atoms with Gasteiger partial charge in [-0.05, 0) is 30.9 Å². The Morgan fingerprint density at radius 1 is 1.35 bits per heavy atom. The number of anilines is 1. The standard InChI is InChI=1S/C12H14Cl2N2O/c1-6-2-8(3-6)16-12(17)7-4-9(13)11(15)10(14)5-7/h4-6,8H,2-3,15H2,1H3,(H,16,17). The Hall–Kier alpha value is -0.930. The van der Waals surface area contributed by atoms with E-state index in [4.69, 9.17) is 28.9 Å². The van der Waals surface area contributed by atoms with Gasteiger partial charge in [0.25, 0.3) is 5.91 Å². The second-order valence-corrected chi connectivity index (χ2v) is 5.41. The number of benzene rings is 1. The van der Waals surface area contributed by atoms with E-state index in [-0.39, 0.29) is 11.9 Å². The Balaban J connectivity index is 2.09. The number of nitrogens with two attached hydrogens (primary N) is 1.